The number of rotatable bonds is 4. The normalized spacial score (nSPS) is 10.0. The predicted molar refractivity (Wildman–Crippen MR) is 58.5 cm³/mol. The number of nitrogens with zero attached hydrogens (tertiary/aromatic N) is 1. The van der Waals surface area contributed by atoms with Gasteiger partial charge in [0.25, 0.3) is 0 Å². The van der Waals surface area contributed by atoms with Crippen LogP contribution in [0, 0.1) is 18.3 Å². The lowest BCUT2D eigenvalue weighted by atomic mass is 10.0. The van der Waals surface area contributed by atoms with E-state index in [-0.39, 0.29) is 23.5 Å². The number of nitriles is 1. The van der Waals surface area contributed by atoms with Gasteiger partial charge in [-0.3, -0.25) is 0 Å². The summed E-state index contributed by atoms with van der Waals surface area (Å²) in [5.41, 5.74) is 0.369. The number of halogens is 2. The van der Waals surface area contributed by atoms with Crippen molar-refractivity contribution in [1.82, 2.24) is 0 Å². The number of ether oxygens (including phenoxy) is 2. The van der Waals surface area contributed by atoms with Gasteiger partial charge < -0.3 is 9.47 Å². The van der Waals surface area contributed by atoms with Crippen LogP contribution in [0.1, 0.15) is 28.4 Å². The summed E-state index contributed by atoms with van der Waals surface area (Å²) in [5.74, 6) is -0.817. The SMILES string of the molecule is CCOC(=O)c1c(C)cc(OC(F)F)cc1C#N. The van der Waals surface area contributed by atoms with Crippen molar-refractivity contribution in [2.75, 3.05) is 6.61 Å². The van der Waals surface area contributed by atoms with Gasteiger partial charge in [0.15, 0.2) is 0 Å². The largest absolute Gasteiger partial charge is 0.462 e. The number of carbonyl (C=O) groups is 1. The highest BCUT2D eigenvalue weighted by Gasteiger charge is 2.18. The number of aryl methyl sites for hydroxylation is 1. The van der Waals surface area contributed by atoms with Gasteiger partial charge in [-0.1, -0.05) is 0 Å². The summed E-state index contributed by atoms with van der Waals surface area (Å²) in [6.45, 7) is 0.335. The first kappa shape index (κ1) is 13.9. The first-order valence-corrected chi connectivity index (χ1v) is 5.16. The number of hydrogen-bond donors (Lipinski definition) is 0. The van der Waals surface area contributed by atoms with E-state index in [1.54, 1.807) is 13.0 Å². The molecule has 1 rings (SSSR count). The number of hydrogen-bond acceptors (Lipinski definition) is 4. The van der Waals surface area contributed by atoms with Crippen molar-refractivity contribution >= 4 is 5.97 Å². The van der Waals surface area contributed by atoms with E-state index in [1.807, 2.05) is 0 Å². The molecule has 0 bridgehead atoms. The Labute approximate surface area is 103 Å². The maximum Gasteiger partial charge on any atom is 0.387 e. The van der Waals surface area contributed by atoms with Gasteiger partial charge in [0, 0.05) is 0 Å². The summed E-state index contributed by atoms with van der Waals surface area (Å²) in [5, 5.41) is 8.92. The molecule has 0 atom stereocenters. The lowest BCUT2D eigenvalue weighted by Gasteiger charge is -2.10. The molecule has 0 saturated heterocycles. The summed E-state index contributed by atoms with van der Waals surface area (Å²) in [4.78, 5) is 11.6. The fraction of sp³-hybridized carbons (Fsp3) is 0.333. The van der Waals surface area contributed by atoms with Crippen LogP contribution in [-0.2, 0) is 4.74 Å². The fourth-order valence-corrected chi connectivity index (χ4v) is 1.49. The van der Waals surface area contributed by atoms with E-state index in [1.165, 1.54) is 13.0 Å². The highest BCUT2D eigenvalue weighted by atomic mass is 19.3. The molecular formula is C12H11F2NO3. The number of alkyl halides is 2. The molecule has 0 amide bonds. The minimum absolute atomic E-state index is 0.0518. The Morgan fingerprint density at radius 3 is 2.67 bits per heavy atom. The Bertz CT molecular complexity index is 495. The molecule has 0 aliphatic heterocycles. The van der Waals surface area contributed by atoms with Crippen molar-refractivity contribution in [1.29, 1.82) is 5.26 Å². The maximum absolute atomic E-state index is 12.1. The molecule has 1 aromatic rings. The summed E-state index contributed by atoms with van der Waals surface area (Å²) >= 11 is 0. The monoisotopic (exact) mass is 255 g/mol. The third kappa shape index (κ3) is 3.17. The molecule has 0 aliphatic carbocycles. The van der Waals surface area contributed by atoms with Crippen molar-refractivity contribution in [3.8, 4) is 11.8 Å². The molecule has 4 nitrogen and oxygen atoms in total. The maximum atomic E-state index is 12.1. The first-order chi connectivity index (χ1) is 8.49. The second-order valence-electron chi connectivity index (χ2n) is 3.37. The minimum Gasteiger partial charge on any atom is -0.462 e. The molecule has 18 heavy (non-hydrogen) atoms. The second-order valence-corrected chi connectivity index (χ2v) is 3.37. The molecule has 0 fully saturated rings. The smallest absolute Gasteiger partial charge is 0.387 e. The van der Waals surface area contributed by atoms with Crippen LogP contribution in [0.2, 0.25) is 0 Å². The number of carbonyl (C=O) groups excluding carboxylic acids is 1. The average Bonchev–Trinajstić information content (AvgIpc) is 2.27. The third-order valence-corrected chi connectivity index (χ3v) is 2.13. The summed E-state index contributed by atoms with van der Waals surface area (Å²) in [7, 11) is 0. The van der Waals surface area contributed by atoms with E-state index in [0.717, 1.165) is 6.07 Å². The highest BCUT2D eigenvalue weighted by molar-refractivity contribution is 5.94. The molecule has 96 valence electrons. The van der Waals surface area contributed by atoms with Crippen molar-refractivity contribution in [3.05, 3.63) is 28.8 Å². The molecule has 0 spiro atoms. The summed E-state index contributed by atoms with van der Waals surface area (Å²) in [6.07, 6.45) is 0. The first-order valence-electron chi connectivity index (χ1n) is 5.16. The molecule has 1 aromatic carbocycles. The van der Waals surface area contributed by atoms with Crippen molar-refractivity contribution in [2.24, 2.45) is 0 Å². The molecule has 0 aromatic heterocycles. The molecule has 0 N–H and O–H groups in total. The standard InChI is InChI=1S/C12H11F2NO3/c1-3-17-11(16)10-7(2)4-9(18-12(13)14)5-8(10)6-15/h4-5,12H,3H2,1-2H3. The van der Waals surface area contributed by atoms with Gasteiger partial charge in [0.2, 0.25) is 0 Å². The van der Waals surface area contributed by atoms with Crippen LogP contribution in [0.3, 0.4) is 0 Å². The molecule has 6 heteroatoms. The minimum atomic E-state index is -2.98. The van der Waals surface area contributed by atoms with Crippen LogP contribution in [0.25, 0.3) is 0 Å². The van der Waals surface area contributed by atoms with Crippen LogP contribution in [0.15, 0.2) is 12.1 Å². The van der Waals surface area contributed by atoms with Crippen LogP contribution in [0.5, 0.6) is 5.75 Å². The van der Waals surface area contributed by atoms with Gasteiger partial charge in [-0.15, -0.1) is 0 Å². The van der Waals surface area contributed by atoms with Crippen molar-refractivity contribution in [3.63, 3.8) is 0 Å². The van der Waals surface area contributed by atoms with Gasteiger partial charge in [-0.05, 0) is 31.5 Å². The van der Waals surface area contributed by atoms with Crippen LogP contribution in [-0.4, -0.2) is 19.2 Å². The Kier molecular flexibility index (Phi) is 4.60. The molecular weight excluding hydrogens is 244 g/mol. The lowest BCUT2D eigenvalue weighted by Crippen LogP contribution is -2.10. The van der Waals surface area contributed by atoms with Gasteiger partial charge in [0.1, 0.15) is 11.8 Å². The quantitative estimate of drug-likeness (QED) is 0.776. The third-order valence-electron chi connectivity index (χ3n) is 2.13. The van der Waals surface area contributed by atoms with Gasteiger partial charge in [-0.2, -0.15) is 14.0 Å². The van der Waals surface area contributed by atoms with E-state index in [4.69, 9.17) is 10.00 Å². The van der Waals surface area contributed by atoms with Gasteiger partial charge in [-0.25, -0.2) is 4.79 Å². The topological polar surface area (TPSA) is 59.3 Å². The zero-order valence-corrected chi connectivity index (χ0v) is 9.87. The summed E-state index contributed by atoms with van der Waals surface area (Å²) in [6, 6.07) is 4.12. The van der Waals surface area contributed by atoms with Crippen molar-refractivity contribution < 1.29 is 23.0 Å². The van der Waals surface area contributed by atoms with E-state index in [9.17, 15) is 13.6 Å². The Morgan fingerprint density at radius 2 is 2.17 bits per heavy atom. The second kappa shape index (κ2) is 5.96. The highest BCUT2D eigenvalue weighted by Crippen LogP contribution is 2.24. The molecule has 0 saturated carbocycles. The fourth-order valence-electron chi connectivity index (χ4n) is 1.49. The zero-order chi connectivity index (χ0) is 13.7. The Morgan fingerprint density at radius 1 is 1.50 bits per heavy atom. The molecule has 0 radical (unpaired) electrons. The van der Waals surface area contributed by atoms with E-state index in [2.05, 4.69) is 4.74 Å². The average molecular weight is 255 g/mol. The molecule has 0 heterocycles. The Balaban J connectivity index is 3.21. The molecule has 0 unspecified atom stereocenters. The van der Waals surface area contributed by atoms with Crippen LogP contribution < -0.4 is 4.74 Å². The van der Waals surface area contributed by atoms with Crippen LogP contribution >= 0.6 is 0 Å². The van der Waals surface area contributed by atoms with E-state index >= 15 is 0 Å². The van der Waals surface area contributed by atoms with E-state index < -0.39 is 12.6 Å². The number of benzene rings is 1. The predicted octanol–water partition coefficient (Wildman–Crippen LogP) is 2.64. The lowest BCUT2D eigenvalue weighted by molar-refractivity contribution is -0.0498. The number of esters is 1. The Hall–Kier alpha value is -2.16. The van der Waals surface area contributed by atoms with E-state index in [0.29, 0.717) is 5.56 Å². The molecule has 0 aliphatic rings. The summed E-state index contributed by atoms with van der Waals surface area (Å²) < 4.78 is 33.1. The van der Waals surface area contributed by atoms with Gasteiger partial charge in [0.05, 0.1) is 17.7 Å². The van der Waals surface area contributed by atoms with Crippen molar-refractivity contribution in [2.45, 2.75) is 20.5 Å². The van der Waals surface area contributed by atoms with Crippen LogP contribution in [0.4, 0.5) is 8.78 Å². The van der Waals surface area contributed by atoms with Gasteiger partial charge >= 0.3 is 12.6 Å². The zero-order valence-electron chi connectivity index (χ0n) is 9.87.